The molecule has 0 amide bonds. The van der Waals surface area contributed by atoms with Crippen LogP contribution >= 0.6 is 35.4 Å². The Morgan fingerprint density at radius 2 is 2.12 bits per heavy atom. The fraction of sp³-hybridized carbons (Fsp3) is 0.125. The molecule has 5 nitrogen and oxygen atoms in total. The van der Waals surface area contributed by atoms with Gasteiger partial charge in [-0.2, -0.15) is 0 Å². The summed E-state index contributed by atoms with van der Waals surface area (Å²) in [6, 6.07) is 10.7. The van der Waals surface area contributed by atoms with Crippen LogP contribution in [-0.4, -0.2) is 18.4 Å². The Balaban J connectivity index is 2.23. The number of hydrazine groups is 1. The summed E-state index contributed by atoms with van der Waals surface area (Å²) < 4.78 is 11.3. The molecule has 8 heteroatoms. The predicted octanol–water partition coefficient (Wildman–Crippen LogP) is 1.83. The average Bonchev–Trinajstić information content (AvgIpc) is 2.54. The van der Waals surface area contributed by atoms with Gasteiger partial charge >= 0.3 is 0 Å². The van der Waals surface area contributed by atoms with Crippen LogP contribution in [0.4, 0.5) is 0 Å². The average molecular weight is 385 g/mol. The lowest BCUT2D eigenvalue weighted by Crippen LogP contribution is -2.82. The Labute approximate surface area is 155 Å². The molecule has 4 N–H and O–H groups in total. The standard InChI is InChI=1S/C16H15Cl2N3O2S/c1-22-14-4-2-3-10(8-20-21-16(19)24)15(14)23-9-11-5-6-12(17)7-13(11)18/h2-8H,9H2,1H3,(H3,19,21,24)/p+1. The topological polar surface area (TPSA) is 70.5 Å². The van der Waals surface area contributed by atoms with Gasteiger partial charge in [-0.05, 0) is 36.5 Å². The largest absolute Gasteiger partial charge is 0.493 e. The maximum absolute atomic E-state index is 6.17. The highest BCUT2D eigenvalue weighted by Crippen LogP contribution is 2.31. The normalized spacial score (nSPS) is 10.6. The van der Waals surface area contributed by atoms with Crippen molar-refractivity contribution >= 4 is 46.7 Å². The summed E-state index contributed by atoms with van der Waals surface area (Å²) in [5.41, 5.74) is 9.56. The Hall–Kier alpha value is -2.02. The molecule has 0 unspecified atom stereocenters. The molecule has 0 aliphatic rings. The zero-order chi connectivity index (χ0) is 17.5. The van der Waals surface area contributed by atoms with Crippen LogP contribution in [-0.2, 0) is 6.61 Å². The van der Waals surface area contributed by atoms with Gasteiger partial charge in [0, 0.05) is 15.6 Å². The summed E-state index contributed by atoms with van der Waals surface area (Å²) in [7, 11) is 1.57. The Kier molecular flexibility index (Phi) is 6.66. The molecule has 0 aliphatic carbocycles. The number of para-hydroxylation sites is 1. The molecule has 0 bridgehead atoms. The van der Waals surface area contributed by atoms with Crippen molar-refractivity contribution in [3.05, 3.63) is 57.6 Å². The van der Waals surface area contributed by atoms with E-state index in [0.29, 0.717) is 21.5 Å². The van der Waals surface area contributed by atoms with E-state index < -0.39 is 0 Å². The van der Waals surface area contributed by atoms with Crippen LogP contribution < -0.4 is 25.7 Å². The monoisotopic (exact) mass is 384 g/mol. The van der Waals surface area contributed by atoms with Crippen molar-refractivity contribution in [3.63, 3.8) is 0 Å². The Morgan fingerprint density at radius 3 is 2.79 bits per heavy atom. The number of nitrogens with one attached hydrogen (secondary N) is 2. The van der Waals surface area contributed by atoms with Crippen LogP contribution in [0.1, 0.15) is 11.1 Å². The molecule has 0 fully saturated rings. The molecule has 24 heavy (non-hydrogen) atoms. The second-order valence-electron chi connectivity index (χ2n) is 4.68. The van der Waals surface area contributed by atoms with Gasteiger partial charge in [0.25, 0.3) is 0 Å². The lowest BCUT2D eigenvalue weighted by Gasteiger charge is -2.13. The van der Waals surface area contributed by atoms with Crippen molar-refractivity contribution in [2.45, 2.75) is 6.61 Å². The summed E-state index contributed by atoms with van der Waals surface area (Å²) in [6.45, 7) is 0.264. The van der Waals surface area contributed by atoms with Gasteiger partial charge in [0.05, 0.1) is 12.7 Å². The minimum atomic E-state index is 0.129. The van der Waals surface area contributed by atoms with E-state index in [1.807, 2.05) is 18.2 Å². The van der Waals surface area contributed by atoms with Gasteiger partial charge in [-0.1, -0.05) is 35.3 Å². The number of methoxy groups -OCH3 is 1. The van der Waals surface area contributed by atoms with E-state index in [1.165, 1.54) is 0 Å². The van der Waals surface area contributed by atoms with Crippen molar-refractivity contribution in [2.24, 2.45) is 5.73 Å². The number of ether oxygens (including phenoxy) is 2. The van der Waals surface area contributed by atoms with E-state index in [-0.39, 0.29) is 11.7 Å². The van der Waals surface area contributed by atoms with Gasteiger partial charge < -0.3 is 15.2 Å². The highest BCUT2D eigenvalue weighted by Gasteiger charge is 2.12. The van der Waals surface area contributed by atoms with E-state index in [4.69, 9.17) is 50.6 Å². The van der Waals surface area contributed by atoms with E-state index in [2.05, 4.69) is 10.5 Å². The molecule has 0 radical (unpaired) electrons. The molecule has 0 saturated heterocycles. The second kappa shape index (κ2) is 8.73. The number of benzene rings is 2. The van der Waals surface area contributed by atoms with Crippen molar-refractivity contribution in [2.75, 3.05) is 7.11 Å². The zero-order valence-electron chi connectivity index (χ0n) is 12.8. The van der Waals surface area contributed by atoms with E-state index in [9.17, 15) is 0 Å². The first-order valence-corrected chi connectivity index (χ1v) is 8.05. The fourth-order valence-corrected chi connectivity index (χ4v) is 2.46. The third-order valence-electron chi connectivity index (χ3n) is 3.04. The minimum absolute atomic E-state index is 0.129. The highest BCUT2D eigenvalue weighted by atomic mass is 35.5. The molecule has 0 aliphatic heterocycles. The predicted molar refractivity (Wildman–Crippen MR) is 99.8 cm³/mol. The number of rotatable bonds is 6. The zero-order valence-corrected chi connectivity index (χ0v) is 15.1. The summed E-state index contributed by atoms with van der Waals surface area (Å²) in [5.74, 6) is 1.15. The van der Waals surface area contributed by atoms with Crippen LogP contribution in [0.2, 0.25) is 10.0 Å². The number of thiocarbonyl (C=S) groups is 1. The van der Waals surface area contributed by atoms with Gasteiger partial charge in [-0.3, -0.25) is 0 Å². The van der Waals surface area contributed by atoms with Crippen LogP contribution in [0, 0.1) is 0 Å². The lowest BCUT2D eigenvalue weighted by molar-refractivity contribution is -0.499. The molecule has 2 rings (SSSR count). The van der Waals surface area contributed by atoms with Crippen LogP contribution in [0.15, 0.2) is 36.4 Å². The smallest absolute Gasteiger partial charge is 0.221 e. The van der Waals surface area contributed by atoms with Crippen molar-refractivity contribution in [1.29, 1.82) is 0 Å². The number of hydrogen-bond acceptors (Lipinski definition) is 3. The quantitative estimate of drug-likeness (QED) is 0.402. The summed E-state index contributed by atoms with van der Waals surface area (Å²) in [4.78, 5) is 0. The maximum Gasteiger partial charge on any atom is 0.221 e. The van der Waals surface area contributed by atoms with Gasteiger partial charge in [0.2, 0.25) is 11.3 Å². The molecular weight excluding hydrogens is 369 g/mol. The molecular formula is C16H16Cl2N3O2S+. The first kappa shape index (κ1) is 18.3. The first-order chi connectivity index (χ1) is 11.5. The van der Waals surface area contributed by atoms with Gasteiger partial charge in [-0.25, -0.2) is 0 Å². The molecule has 0 heterocycles. The van der Waals surface area contributed by atoms with Crippen molar-refractivity contribution < 1.29 is 14.6 Å². The molecule has 0 aromatic heterocycles. The molecule has 0 spiro atoms. The summed E-state index contributed by atoms with van der Waals surface area (Å²) in [5, 5.41) is 4.03. The Bertz CT molecular complexity index is 769. The fourth-order valence-electron chi connectivity index (χ4n) is 1.94. The van der Waals surface area contributed by atoms with Gasteiger partial charge in [0.1, 0.15) is 6.61 Å². The van der Waals surface area contributed by atoms with Crippen LogP contribution in [0.25, 0.3) is 0 Å². The third-order valence-corrected chi connectivity index (χ3v) is 3.73. The minimum Gasteiger partial charge on any atom is -0.493 e. The third kappa shape index (κ3) is 4.99. The van der Waals surface area contributed by atoms with Crippen molar-refractivity contribution in [1.82, 2.24) is 5.43 Å². The van der Waals surface area contributed by atoms with Crippen LogP contribution in [0.3, 0.4) is 0 Å². The molecule has 2 aromatic rings. The van der Waals surface area contributed by atoms with Gasteiger partial charge in [-0.15, -0.1) is 10.5 Å². The van der Waals surface area contributed by atoms with Crippen molar-refractivity contribution in [3.8, 4) is 11.5 Å². The molecule has 2 aromatic carbocycles. The maximum atomic E-state index is 6.17. The second-order valence-corrected chi connectivity index (χ2v) is 5.96. The summed E-state index contributed by atoms with van der Waals surface area (Å²) >= 11 is 16.8. The van der Waals surface area contributed by atoms with Gasteiger partial charge in [0.15, 0.2) is 11.5 Å². The molecule has 0 saturated carbocycles. The number of hydrogen-bond donors (Lipinski definition) is 3. The van der Waals surface area contributed by atoms with E-state index in [0.717, 1.165) is 11.1 Å². The lowest BCUT2D eigenvalue weighted by atomic mass is 10.2. The SMILES string of the molecule is COc1cccc(C=[NH+]NC(N)=S)c1OCc1ccc(Cl)cc1Cl. The molecule has 0 atom stereocenters. The Morgan fingerprint density at radius 1 is 1.33 bits per heavy atom. The highest BCUT2D eigenvalue weighted by molar-refractivity contribution is 7.80. The molecule has 126 valence electrons. The van der Waals surface area contributed by atoms with Crippen LogP contribution in [0.5, 0.6) is 11.5 Å². The van der Waals surface area contributed by atoms with E-state index >= 15 is 0 Å². The van der Waals surface area contributed by atoms with E-state index in [1.54, 1.807) is 31.5 Å². The number of hydrazone groups is 1. The number of halogens is 2. The summed E-state index contributed by atoms with van der Waals surface area (Å²) in [6.07, 6.45) is 1.67. The first-order valence-electron chi connectivity index (χ1n) is 6.89. The number of nitrogens with two attached hydrogens (primary N) is 1.